The van der Waals surface area contributed by atoms with Crippen LogP contribution in [0.5, 0.6) is 11.5 Å². The van der Waals surface area contributed by atoms with Gasteiger partial charge in [0.25, 0.3) is 11.7 Å². The number of ketones is 1. The molecule has 3 aromatic carbocycles. The number of aromatic hydroxyl groups is 1. The molecule has 1 saturated heterocycles. The fourth-order valence-electron chi connectivity index (χ4n) is 3.81. The summed E-state index contributed by atoms with van der Waals surface area (Å²) in [6.45, 7) is 1.89. The van der Waals surface area contributed by atoms with Crippen molar-refractivity contribution in [2.75, 3.05) is 12.0 Å². The van der Waals surface area contributed by atoms with Crippen LogP contribution in [0.4, 0.5) is 5.69 Å². The Morgan fingerprint density at radius 1 is 0.968 bits per heavy atom. The number of aliphatic hydroxyl groups excluding tert-OH is 1. The highest BCUT2D eigenvalue weighted by Crippen LogP contribution is 2.44. The Labute approximate surface area is 179 Å². The first-order chi connectivity index (χ1) is 14.9. The fourth-order valence-corrected chi connectivity index (χ4v) is 3.81. The molecule has 0 aliphatic carbocycles. The number of rotatable bonds is 4. The quantitative estimate of drug-likeness (QED) is 0.376. The maximum absolute atomic E-state index is 13.1. The van der Waals surface area contributed by atoms with Crippen LogP contribution >= 0.6 is 0 Å². The number of ether oxygens (including phenoxy) is 1. The Morgan fingerprint density at radius 2 is 1.71 bits per heavy atom. The van der Waals surface area contributed by atoms with Crippen LogP contribution in [-0.4, -0.2) is 29.0 Å². The Kier molecular flexibility index (Phi) is 5.21. The van der Waals surface area contributed by atoms with Gasteiger partial charge in [-0.25, -0.2) is 0 Å². The molecule has 2 N–H and O–H groups in total. The summed E-state index contributed by atoms with van der Waals surface area (Å²) in [5, 5.41) is 21.1. The lowest BCUT2D eigenvalue weighted by atomic mass is 9.94. The highest BCUT2D eigenvalue weighted by atomic mass is 16.5. The summed E-state index contributed by atoms with van der Waals surface area (Å²) in [7, 11) is 1.42. The van der Waals surface area contributed by atoms with Crippen LogP contribution in [-0.2, 0) is 9.59 Å². The summed E-state index contributed by atoms with van der Waals surface area (Å²) >= 11 is 0. The minimum atomic E-state index is -0.892. The van der Waals surface area contributed by atoms with Gasteiger partial charge in [0.2, 0.25) is 0 Å². The van der Waals surface area contributed by atoms with Gasteiger partial charge in [0.15, 0.2) is 11.5 Å². The number of aliphatic hydroxyl groups is 1. The summed E-state index contributed by atoms with van der Waals surface area (Å²) in [6, 6.07) is 19.6. The Balaban J connectivity index is 1.98. The normalized spacial score (nSPS) is 17.7. The lowest BCUT2D eigenvalue weighted by Gasteiger charge is -2.26. The minimum absolute atomic E-state index is 0.0227. The van der Waals surface area contributed by atoms with E-state index in [1.165, 1.54) is 18.1 Å². The molecule has 1 heterocycles. The van der Waals surface area contributed by atoms with Gasteiger partial charge in [0.1, 0.15) is 5.76 Å². The van der Waals surface area contributed by atoms with E-state index in [2.05, 4.69) is 0 Å². The Morgan fingerprint density at radius 3 is 2.39 bits per heavy atom. The van der Waals surface area contributed by atoms with Gasteiger partial charge >= 0.3 is 0 Å². The van der Waals surface area contributed by atoms with Crippen molar-refractivity contribution in [3.8, 4) is 11.5 Å². The zero-order chi connectivity index (χ0) is 22.1. The van der Waals surface area contributed by atoms with Crippen LogP contribution in [0.3, 0.4) is 0 Å². The third-order valence-electron chi connectivity index (χ3n) is 5.29. The molecule has 1 atom stereocenters. The van der Waals surface area contributed by atoms with Crippen LogP contribution in [0.2, 0.25) is 0 Å². The second kappa shape index (κ2) is 7.99. The molecule has 6 heteroatoms. The molecule has 6 nitrogen and oxygen atoms in total. The number of benzene rings is 3. The average Bonchev–Trinajstić information content (AvgIpc) is 3.05. The summed E-state index contributed by atoms with van der Waals surface area (Å²) in [6.07, 6.45) is 0. The van der Waals surface area contributed by atoms with Crippen molar-refractivity contribution >= 4 is 23.1 Å². The number of hydrogen-bond donors (Lipinski definition) is 2. The van der Waals surface area contributed by atoms with Crippen LogP contribution in [0.15, 0.2) is 78.4 Å². The van der Waals surface area contributed by atoms with Gasteiger partial charge < -0.3 is 14.9 Å². The van der Waals surface area contributed by atoms with Crippen molar-refractivity contribution in [1.29, 1.82) is 0 Å². The van der Waals surface area contributed by atoms with E-state index >= 15 is 0 Å². The van der Waals surface area contributed by atoms with E-state index in [1.807, 2.05) is 13.0 Å². The number of hydrogen-bond acceptors (Lipinski definition) is 5. The SMILES string of the molecule is COc1cc([C@H]2/C(=C(\O)c3ccccc3)C(=O)C(=O)N2c2cccc(C)c2)ccc1O. The van der Waals surface area contributed by atoms with Crippen LogP contribution in [0.1, 0.15) is 22.7 Å². The summed E-state index contributed by atoms with van der Waals surface area (Å²) in [5.74, 6) is -1.64. The van der Waals surface area contributed by atoms with Crippen molar-refractivity contribution < 1.29 is 24.5 Å². The molecule has 0 unspecified atom stereocenters. The number of phenols is 1. The van der Waals surface area contributed by atoms with E-state index in [1.54, 1.807) is 60.7 Å². The monoisotopic (exact) mass is 415 g/mol. The highest BCUT2D eigenvalue weighted by molar-refractivity contribution is 6.51. The van der Waals surface area contributed by atoms with Gasteiger partial charge in [0, 0.05) is 11.3 Å². The van der Waals surface area contributed by atoms with Crippen molar-refractivity contribution in [2.24, 2.45) is 0 Å². The predicted molar refractivity (Wildman–Crippen MR) is 117 cm³/mol. The van der Waals surface area contributed by atoms with Gasteiger partial charge in [-0.05, 0) is 42.3 Å². The number of carbonyl (C=O) groups is 2. The largest absolute Gasteiger partial charge is 0.507 e. The molecule has 0 spiro atoms. The van der Waals surface area contributed by atoms with E-state index in [9.17, 15) is 19.8 Å². The second-order valence-corrected chi connectivity index (χ2v) is 7.31. The Bertz CT molecular complexity index is 1200. The highest BCUT2D eigenvalue weighted by Gasteiger charge is 2.47. The first-order valence-electron chi connectivity index (χ1n) is 9.72. The number of carbonyl (C=O) groups excluding carboxylic acids is 2. The zero-order valence-corrected chi connectivity index (χ0v) is 17.1. The van der Waals surface area contributed by atoms with Gasteiger partial charge in [-0.3, -0.25) is 14.5 Å². The van der Waals surface area contributed by atoms with Crippen molar-refractivity contribution in [1.82, 2.24) is 0 Å². The van der Waals surface area contributed by atoms with Crippen molar-refractivity contribution in [3.05, 3.63) is 95.1 Å². The predicted octanol–water partition coefficient (Wildman–Crippen LogP) is 4.34. The van der Waals surface area contributed by atoms with E-state index < -0.39 is 17.7 Å². The topological polar surface area (TPSA) is 87.1 Å². The molecule has 31 heavy (non-hydrogen) atoms. The number of aryl methyl sites for hydroxylation is 1. The Hall–Kier alpha value is -4.06. The number of Topliss-reactive ketones (excluding diaryl/α,β-unsaturated/α-hetero) is 1. The summed E-state index contributed by atoms with van der Waals surface area (Å²) in [5.41, 5.74) is 2.38. The third kappa shape index (κ3) is 3.53. The van der Waals surface area contributed by atoms with Crippen LogP contribution in [0, 0.1) is 6.92 Å². The summed E-state index contributed by atoms with van der Waals surface area (Å²) in [4.78, 5) is 27.6. The standard InChI is InChI=1S/C25H21NO5/c1-15-7-6-10-18(13-15)26-22(17-11-12-19(27)20(14-17)31-2)21(24(29)25(26)30)23(28)16-8-4-3-5-9-16/h3-14,22,27-28H,1-2H3/b23-21+/t22-/m0/s1. The smallest absolute Gasteiger partial charge is 0.300 e. The molecule has 156 valence electrons. The molecule has 0 saturated carbocycles. The second-order valence-electron chi connectivity index (χ2n) is 7.31. The van der Waals surface area contributed by atoms with Crippen LogP contribution < -0.4 is 9.64 Å². The maximum Gasteiger partial charge on any atom is 0.300 e. The van der Waals surface area contributed by atoms with Crippen molar-refractivity contribution in [3.63, 3.8) is 0 Å². The third-order valence-corrected chi connectivity index (χ3v) is 5.29. The fraction of sp³-hybridized carbons (Fsp3) is 0.120. The van der Waals surface area contributed by atoms with Crippen molar-refractivity contribution in [2.45, 2.75) is 13.0 Å². The molecular formula is C25H21NO5. The average molecular weight is 415 g/mol. The van der Waals surface area contributed by atoms with E-state index in [4.69, 9.17) is 4.74 Å². The molecule has 1 aliphatic rings. The molecule has 1 amide bonds. The van der Waals surface area contributed by atoms with Gasteiger partial charge in [-0.15, -0.1) is 0 Å². The van der Waals surface area contributed by atoms with E-state index in [0.717, 1.165) is 5.56 Å². The summed E-state index contributed by atoms with van der Waals surface area (Å²) < 4.78 is 5.22. The number of nitrogens with zero attached hydrogens (tertiary/aromatic N) is 1. The first-order valence-corrected chi connectivity index (χ1v) is 9.72. The van der Waals surface area contributed by atoms with E-state index in [0.29, 0.717) is 16.8 Å². The molecule has 4 rings (SSSR count). The maximum atomic E-state index is 13.1. The van der Waals surface area contributed by atoms with E-state index in [-0.39, 0.29) is 22.8 Å². The molecule has 0 bridgehead atoms. The molecule has 1 aliphatic heterocycles. The molecule has 0 aromatic heterocycles. The number of amides is 1. The number of anilines is 1. The van der Waals surface area contributed by atoms with Gasteiger partial charge in [-0.1, -0.05) is 48.5 Å². The van der Waals surface area contributed by atoms with Gasteiger partial charge in [-0.2, -0.15) is 0 Å². The van der Waals surface area contributed by atoms with Crippen LogP contribution in [0.25, 0.3) is 5.76 Å². The number of phenolic OH excluding ortho intramolecular Hbond substituents is 1. The molecule has 3 aromatic rings. The number of methoxy groups -OCH3 is 1. The first kappa shape index (κ1) is 20.2. The lowest BCUT2D eigenvalue weighted by molar-refractivity contribution is -0.132. The van der Waals surface area contributed by atoms with Gasteiger partial charge in [0.05, 0.1) is 18.7 Å². The molecule has 1 fully saturated rings. The minimum Gasteiger partial charge on any atom is -0.507 e. The molecular weight excluding hydrogens is 394 g/mol. The molecule has 0 radical (unpaired) electrons. The zero-order valence-electron chi connectivity index (χ0n) is 17.1. The lowest BCUT2D eigenvalue weighted by Crippen LogP contribution is -2.29.